The summed E-state index contributed by atoms with van der Waals surface area (Å²) in [5, 5.41) is 10.1. The fourth-order valence-corrected chi connectivity index (χ4v) is 3.53. The van der Waals surface area contributed by atoms with Crippen LogP contribution in [0.2, 0.25) is 0 Å². The van der Waals surface area contributed by atoms with Crippen LogP contribution < -0.4 is 11.1 Å². The zero-order chi connectivity index (χ0) is 22.5. The maximum atomic E-state index is 13.6. The largest absolute Gasteiger partial charge is 0.348 e. The van der Waals surface area contributed by atoms with Gasteiger partial charge in [-0.3, -0.25) is 9.89 Å². The lowest BCUT2D eigenvalue weighted by Gasteiger charge is -2.18. The molecule has 0 saturated carbocycles. The van der Waals surface area contributed by atoms with Gasteiger partial charge in [-0.2, -0.15) is 5.10 Å². The lowest BCUT2D eigenvalue weighted by molar-refractivity contribution is 0.0938. The van der Waals surface area contributed by atoms with Crippen molar-refractivity contribution in [2.45, 2.75) is 12.5 Å². The summed E-state index contributed by atoms with van der Waals surface area (Å²) in [5.41, 5.74) is 9.53. The van der Waals surface area contributed by atoms with E-state index in [0.717, 1.165) is 17.7 Å². The monoisotopic (exact) mass is 432 g/mol. The first-order chi connectivity index (χ1) is 15.5. The number of nitrogens with two attached hydrogens (primary N) is 1. The number of hydrogen-bond acceptors (Lipinski definition) is 3. The first-order valence-electron chi connectivity index (χ1n) is 10.2. The Labute approximate surface area is 184 Å². The molecule has 4 aromatic rings. The summed E-state index contributed by atoms with van der Waals surface area (Å²) in [7, 11) is 0. The van der Waals surface area contributed by atoms with Crippen LogP contribution in [0.1, 0.15) is 15.9 Å². The van der Waals surface area contributed by atoms with Crippen molar-refractivity contribution >= 4 is 5.91 Å². The number of amides is 1. The average molecular weight is 432 g/mol. The second-order valence-electron chi connectivity index (χ2n) is 7.44. The van der Waals surface area contributed by atoms with E-state index in [1.54, 1.807) is 24.3 Å². The van der Waals surface area contributed by atoms with Crippen molar-refractivity contribution in [3.05, 3.63) is 102 Å². The number of rotatable bonds is 7. The van der Waals surface area contributed by atoms with Crippen molar-refractivity contribution in [3.8, 4) is 22.5 Å². The molecular formula is C25H22F2N4O. The van der Waals surface area contributed by atoms with Gasteiger partial charge in [0.25, 0.3) is 5.91 Å². The molecule has 1 heterocycles. The minimum absolute atomic E-state index is 0.227. The average Bonchev–Trinajstić information content (AvgIpc) is 3.31. The number of H-pyrrole nitrogens is 1. The Bertz CT molecular complexity index is 1220. The van der Waals surface area contributed by atoms with Crippen LogP contribution in [0.4, 0.5) is 8.78 Å². The van der Waals surface area contributed by atoms with Gasteiger partial charge in [-0.25, -0.2) is 8.78 Å². The molecule has 0 bridgehead atoms. The van der Waals surface area contributed by atoms with Gasteiger partial charge in [0.05, 0.1) is 11.4 Å². The highest BCUT2D eigenvalue weighted by Crippen LogP contribution is 2.27. The molecule has 1 aromatic heterocycles. The Hall–Kier alpha value is -3.84. The van der Waals surface area contributed by atoms with E-state index in [0.29, 0.717) is 41.0 Å². The predicted octanol–water partition coefficient (Wildman–Crippen LogP) is 4.32. The molecule has 32 heavy (non-hydrogen) atoms. The van der Waals surface area contributed by atoms with Crippen LogP contribution in [0.3, 0.4) is 0 Å². The molecule has 0 radical (unpaired) electrons. The second-order valence-corrected chi connectivity index (χ2v) is 7.44. The zero-order valence-electron chi connectivity index (χ0n) is 17.2. The van der Waals surface area contributed by atoms with Crippen molar-refractivity contribution in [2.24, 2.45) is 5.73 Å². The topological polar surface area (TPSA) is 83.8 Å². The number of halogens is 2. The molecule has 1 amide bonds. The molecular weight excluding hydrogens is 410 g/mol. The Balaban J connectivity index is 1.57. The summed E-state index contributed by atoms with van der Waals surface area (Å²) < 4.78 is 26.8. The fourth-order valence-electron chi connectivity index (χ4n) is 3.53. The van der Waals surface area contributed by atoms with Gasteiger partial charge in [0, 0.05) is 29.3 Å². The Morgan fingerprint density at radius 2 is 1.72 bits per heavy atom. The molecule has 0 unspecified atom stereocenters. The van der Waals surface area contributed by atoms with Crippen LogP contribution in [0, 0.1) is 11.6 Å². The molecule has 0 saturated heterocycles. The van der Waals surface area contributed by atoms with Crippen LogP contribution >= 0.6 is 0 Å². The third-order valence-corrected chi connectivity index (χ3v) is 5.20. The molecule has 0 aliphatic heterocycles. The number of benzene rings is 3. The van der Waals surface area contributed by atoms with Gasteiger partial charge in [-0.05, 0) is 42.3 Å². The highest BCUT2D eigenvalue weighted by molar-refractivity contribution is 6.00. The molecule has 0 fully saturated rings. The zero-order valence-corrected chi connectivity index (χ0v) is 17.2. The lowest BCUT2D eigenvalue weighted by atomic mass is 10.0. The third kappa shape index (κ3) is 4.73. The van der Waals surface area contributed by atoms with E-state index >= 15 is 0 Å². The number of nitrogens with one attached hydrogen (secondary N) is 2. The van der Waals surface area contributed by atoms with E-state index in [1.807, 2.05) is 36.4 Å². The summed E-state index contributed by atoms with van der Waals surface area (Å²) in [6.07, 6.45) is 0.619. The highest BCUT2D eigenvalue weighted by atomic mass is 19.2. The van der Waals surface area contributed by atoms with Gasteiger partial charge in [-0.15, -0.1) is 0 Å². The van der Waals surface area contributed by atoms with E-state index in [1.165, 1.54) is 6.07 Å². The van der Waals surface area contributed by atoms with Crippen LogP contribution in [0.15, 0.2) is 78.9 Å². The Morgan fingerprint density at radius 3 is 2.47 bits per heavy atom. The quantitative estimate of drug-likeness (QED) is 0.407. The van der Waals surface area contributed by atoms with Gasteiger partial charge < -0.3 is 11.1 Å². The van der Waals surface area contributed by atoms with E-state index in [9.17, 15) is 13.6 Å². The van der Waals surface area contributed by atoms with Gasteiger partial charge in [0.2, 0.25) is 0 Å². The van der Waals surface area contributed by atoms with E-state index in [2.05, 4.69) is 15.5 Å². The Morgan fingerprint density at radius 1 is 0.969 bits per heavy atom. The van der Waals surface area contributed by atoms with E-state index in [-0.39, 0.29) is 11.9 Å². The van der Waals surface area contributed by atoms with Crippen molar-refractivity contribution in [2.75, 3.05) is 6.54 Å². The van der Waals surface area contributed by atoms with Crippen LogP contribution in [0.25, 0.3) is 22.5 Å². The van der Waals surface area contributed by atoms with Crippen LogP contribution in [-0.4, -0.2) is 28.7 Å². The molecule has 162 valence electrons. The lowest BCUT2D eigenvalue weighted by Crippen LogP contribution is -2.41. The molecule has 4 N–H and O–H groups in total. The van der Waals surface area contributed by atoms with Crippen LogP contribution in [-0.2, 0) is 6.42 Å². The number of hydrogen-bond donors (Lipinski definition) is 3. The molecule has 1 atom stereocenters. The van der Waals surface area contributed by atoms with E-state index < -0.39 is 11.6 Å². The predicted molar refractivity (Wildman–Crippen MR) is 120 cm³/mol. The van der Waals surface area contributed by atoms with Crippen molar-refractivity contribution in [1.29, 1.82) is 0 Å². The van der Waals surface area contributed by atoms with Crippen LogP contribution in [0.5, 0.6) is 0 Å². The summed E-state index contributed by atoms with van der Waals surface area (Å²) in [4.78, 5) is 13.1. The minimum atomic E-state index is -0.940. The fraction of sp³-hybridized carbons (Fsp3) is 0.120. The first kappa shape index (κ1) is 21.4. The van der Waals surface area contributed by atoms with Crippen molar-refractivity contribution in [1.82, 2.24) is 15.5 Å². The summed E-state index contributed by atoms with van der Waals surface area (Å²) in [6.45, 7) is 0.297. The third-order valence-electron chi connectivity index (χ3n) is 5.20. The maximum Gasteiger partial charge on any atom is 0.252 e. The smallest absolute Gasteiger partial charge is 0.252 e. The van der Waals surface area contributed by atoms with Crippen molar-refractivity contribution in [3.63, 3.8) is 0 Å². The summed E-state index contributed by atoms with van der Waals surface area (Å²) in [5.74, 6) is -2.12. The maximum absolute atomic E-state index is 13.6. The molecule has 0 aliphatic rings. The van der Waals surface area contributed by atoms with Crippen molar-refractivity contribution < 1.29 is 13.6 Å². The molecule has 0 spiro atoms. The molecule has 0 aliphatic carbocycles. The van der Waals surface area contributed by atoms with Gasteiger partial charge in [-0.1, -0.05) is 48.5 Å². The Kier molecular flexibility index (Phi) is 6.37. The highest BCUT2D eigenvalue weighted by Gasteiger charge is 2.18. The molecule has 5 nitrogen and oxygen atoms in total. The standard InChI is InChI=1S/C25H22F2N4O/c26-21-11-10-17(13-22(21)27)23-14-24(31-30-23)19-8-4-5-9-20(19)25(32)29-18(15-28)12-16-6-2-1-3-7-16/h1-11,13-14,18H,12,15,28H2,(H,29,32)(H,30,31)/t18-/m1/s1. The SMILES string of the molecule is NC[C@@H](Cc1ccccc1)NC(=O)c1ccccc1-c1cc(-c2ccc(F)c(F)c2)[nH]n1. The van der Waals surface area contributed by atoms with Gasteiger partial charge in [0.1, 0.15) is 0 Å². The second kappa shape index (κ2) is 9.53. The minimum Gasteiger partial charge on any atom is -0.348 e. The number of nitrogens with zero attached hydrogens (tertiary/aromatic N) is 1. The normalized spacial score (nSPS) is 11.8. The van der Waals surface area contributed by atoms with Gasteiger partial charge >= 0.3 is 0 Å². The number of carbonyl (C=O) groups excluding carboxylic acids is 1. The molecule has 4 rings (SSSR count). The number of carbonyl (C=O) groups is 1. The number of aromatic amines is 1. The van der Waals surface area contributed by atoms with Gasteiger partial charge in [0.15, 0.2) is 11.6 Å². The number of aromatic nitrogens is 2. The van der Waals surface area contributed by atoms with E-state index in [4.69, 9.17) is 5.73 Å². The summed E-state index contributed by atoms with van der Waals surface area (Å²) >= 11 is 0. The summed E-state index contributed by atoms with van der Waals surface area (Å²) in [6, 6.07) is 22.0. The molecule has 7 heteroatoms. The first-order valence-corrected chi connectivity index (χ1v) is 10.2. The molecule has 3 aromatic carbocycles.